The molecule has 2 unspecified atom stereocenters. The van der Waals surface area contributed by atoms with Crippen molar-refractivity contribution in [3.8, 4) is 0 Å². The molecular weight excluding hydrogens is 347 g/mol. The van der Waals surface area contributed by atoms with Crippen LogP contribution < -0.4 is 11.1 Å². The number of benzene rings is 1. The second-order valence-electron chi connectivity index (χ2n) is 6.33. The van der Waals surface area contributed by atoms with E-state index in [9.17, 15) is 4.79 Å². The van der Waals surface area contributed by atoms with Gasteiger partial charge in [0.15, 0.2) is 0 Å². The third-order valence-corrected chi connectivity index (χ3v) is 4.58. The molecule has 3 rings (SSSR count). The fourth-order valence-corrected chi connectivity index (χ4v) is 2.92. The zero-order chi connectivity index (χ0) is 15.7. The third-order valence-electron chi connectivity index (χ3n) is 4.58. The second-order valence-corrected chi connectivity index (χ2v) is 6.33. The first-order valence-corrected chi connectivity index (χ1v) is 8.12. The number of hydrogen-bond donors (Lipinski definition) is 2. The number of halogens is 2. The van der Waals surface area contributed by atoms with Crippen LogP contribution in [-0.4, -0.2) is 21.5 Å². The van der Waals surface area contributed by atoms with E-state index in [0.717, 1.165) is 29.7 Å². The number of nitrogens with one attached hydrogen (secondary N) is 1. The van der Waals surface area contributed by atoms with Gasteiger partial charge in [0.05, 0.1) is 17.0 Å². The summed E-state index contributed by atoms with van der Waals surface area (Å²) in [5.41, 5.74) is 8.70. The monoisotopic (exact) mass is 372 g/mol. The van der Waals surface area contributed by atoms with Crippen LogP contribution in [0, 0.1) is 5.92 Å². The Balaban J connectivity index is 0.00000144. The van der Waals surface area contributed by atoms with E-state index in [-0.39, 0.29) is 42.7 Å². The van der Waals surface area contributed by atoms with Crippen molar-refractivity contribution in [3.05, 3.63) is 24.0 Å². The normalized spacial score (nSPS) is 16.1. The van der Waals surface area contributed by atoms with Gasteiger partial charge in [-0.15, -0.1) is 24.8 Å². The molecule has 24 heavy (non-hydrogen) atoms. The van der Waals surface area contributed by atoms with E-state index in [4.69, 9.17) is 10.7 Å². The predicted molar refractivity (Wildman–Crippen MR) is 103 cm³/mol. The first kappa shape index (κ1) is 20.7. The average molecular weight is 373 g/mol. The number of carbonyl (C=O) groups excluding carboxylic acids is 1. The Morgan fingerprint density at radius 1 is 1.25 bits per heavy atom. The van der Waals surface area contributed by atoms with Crippen LogP contribution in [0.15, 0.2) is 18.2 Å². The summed E-state index contributed by atoms with van der Waals surface area (Å²) >= 11 is 0. The first-order chi connectivity index (χ1) is 10.6. The van der Waals surface area contributed by atoms with Gasteiger partial charge in [-0.2, -0.15) is 0 Å². The number of nitrogens with two attached hydrogens (primary N) is 1. The van der Waals surface area contributed by atoms with Gasteiger partial charge in [0.2, 0.25) is 5.91 Å². The Hall–Kier alpha value is -1.30. The molecule has 0 fully saturated rings. The van der Waals surface area contributed by atoms with Gasteiger partial charge in [0.1, 0.15) is 5.82 Å². The van der Waals surface area contributed by atoms with Crippen molar-refractivity contribution in [1.82, 2.24) is 9.55 Å². The standard InChI is InChI=1S/C17H24N4O.2ClH/c1-11(12(2)18)17(22)19-13-7-8-15-14(10-13)20-16-6-4-3-5-9-21(15)16;;/h7-8,10-12H,3-6,9,18H2,1-2H3,(H,19,22);2*1H. The lowest BCUT2D eigenvalue weighted by Gasteiger charge is -2.15. The molecule has 2 atom stereocenters. The third kappa shape index (κ3) is 4.21. The maximum absolute atomic E-state index is 12.1. The summed E-state index contributed by atoms with van der Waals surface area (Å²) in [4.78, 5) is 16.9. The molecule has 5 nitrogen and oxygen atoms in total. The smallest absolute Gasteiger partial charge is 0.228 e. The molecule has 3 N–H and O–H groups in total. The van der Waals surface area contributed by atoms with Crippen LogP contribution in [0.4, 0.5) is 5.69 Å². The minimum atomic E-state index is -0.214. The summed E-state index contributed by atoms with van der Waals surface area (Å²) in [6.45, 7) is 4.73. The lowest BCUT2D eigenvalue weighted by Crippen LogP contribution is -2.34. The lowest BCUT2D eigenvalue weighted by atomic mass is 10.0. The van der Waals surface area contributed by atoms with E-state index in [1.165, 1.54) is 25.1 Å². The van der Waals surface area contributed by atoms with Crippen molar-refractivity contribution in [3.63, 3.8) is 0 Å². The quantitative estimate of drug-likeness (QED) is 0.865. The molecule has 0 spiro atoms. The van der Waals surface area contributed by atoms with Gasteiger partial charge < -0.3 is 15.6 Å². The number of anilines is 1. The molecule has 1 amide bonds. The molecule has 1 aliphatic heterocycles. The molecular formula is C17H26Cl2N4O. The number of rotatable bonds is 3. The van der Waals surface area contributed by atoms with E-state index in [2.05, 4.69) is 16.0 Å². The molecule has 7 heteroatoms. The largest absolute Gasteiger partial charge is 0.328 e. The number of nitrogens with zero attached hydrogens (tertiary/aromatic N) is 2. The Kier molecular flexibility index (Phi) is 7.52. The van der Waals surface area contributed by atoms with Gasteiger partial charge >= 0.3 is 0 Å². The van der Waals surface area contributed by atoms with E-state index in [0.29, 0.717) is 0 Å². The number of carbonyl (C=O) groups is 1. The number of imidazole rings is 1. The highest BCUT2D eigenvalue weighted by Crippen LogP contribution is 2.24. The highest BCUT2D eigenvalue weighted by Gasteiger charge is 2.18. The molecule has 1 aromatic carbocycles. The molecule has 1 aliphatic rings. The Morgan fingerprint density at radius 3 is 2.71 bits per heavy atom. The van der Waals surface area contributed by atoms with Crippen LogP contribution in [0.1, 0.15) is 38.9 Å². The maximum Gasteiger partial charge on any atom is 0.228 e. The minimum Gasteiger partial charge on any atom is -0.328 e. The van der Waals surface area contributed by atoms with E-state index >= 15 is 0 Å². The van der Waals surface area contributed by atoms with Crippen LogP contribution in [0.25, 0.3) is 11.0 Å². The minimum absolute atomic E-state index is 0. The van der Waals surface area contributed by atoms with Gasteiger partial charge in [-0.05, 0) is 38.0 Å². The van der Waals surface area contributed by atoms with Crippen molar-refractivity contribution in [1.29, 1.82) is 0 Å². The average Bonchev–Trinajstić information content (AvgIpc) is 2.67. The van der Waals surface area contributed by atoms with Crippen molar-refractivity contribution < 1.29 is 4.79 Å². The highest BCUT2D eigenvalue weighted by molar-refractivity contribution is 5.94. The van der Waals surface area contributed by atoms with Crippen LogP contribution in [0.2, 0.25) is 0 Å². The number of aromatic nitrogens is 2. The van der Waals surface area contributed by atoms with Crippen molar-refractivity contribution in [2.45, 2.75) is 52.1 Å². The second kappa shape index (κ2) is 8.70. The summed E-state index contributed by atoms with van der Waals surface area (Å²) in [6.07, 6.45) is 4.73. The Morgan fingerprint density at radius 2 is 2.00 bits per heavy atom. The molecule has 0 radical (unpaired) electrons. The summed E-state index contributed by atoms with van der Waals surface area (Å²) in [7, 11) is 0. The van der Waals surface area contributed by atoms with E-state index in [1.54, 1.807) is 0 Å². The van der Waals surface area contributed by atoms with Gasteiger partial charge in [-0.3, -0.25) is 4.79 Å². The van der Waals surface area contributed by atoms with Gasteiger partial charge in [0.25, 0.3) is 0 Å². The first-order valence-electron chi connectivity index (χ1n) is 8.12. The molecule has 2 heterocycles. The summed E-state index contributed by atoms with van der Waals surface area (Å²) in [5, 5.41) is 2.94. The van der Waals surface area contributed by atoms with Crippen LogP contribution in [-0.2, 0) is 17.8 Å². The lowest BCUT2D eigenvalue weighted by molar-refractivity contribution is -0.119. The summed E-state index contributed by atoms with van der Waals surface area (Å²) < 4.78 is 2.32. The molecule has 134 valence electrons. The Bertz CT molecular complexity index is 699. The maximum atomic E-state index is 12.1. The molecule has 0 aliphatic carbocycles. The Labute approximate surface area is 155 Å². The summed E-state index contributed by atoms with van der Waals surface area (Å²) in [5.74, 6) is 0.907. The van der Waals surface area contributed by atoms with Gasteiger partial charge in [0, 0.05) is 24.7 Å². The molecule has 1 aromatic heterocycles. The fraction of sp³-hybridized carbons (Fsp3) is 0.529. The number of aryl methyl sites for hydroxylation is 2. The number of hydrogen-bond acceptors (Lipinski definition) is 3. The van der Waals surface area contributed by atoms with E-state index < -0.39 is 0 Å². The van der Waals surface area contributed by atoms with Crippen LogP contribution >= 0.6 is 24.8 Å². The van der Waals surface area contributed by atoms with Crippen molar-refractivity contribution in [2.75, 3.05) is 5.32 Å². The topological polar surface area (TPSA) is 72.9 Å². The highest BCUT2D eigenvalue weighted by atomic mass is 35.5. The molecule has 0 saturated heterocycles. The molecule has 2 aromatic rings. The molecule has 0 bridgehead atoms. The number of amides is 1. The summed E-state index contributed by atoms with van der Waals surface area (Å²) in [6, 6.07) is 5.81. The zero-order valence-electron chi connectivity index (χ0n) is 14.1. The fourth-order valence-electron chi connectivity index (χ4n) is 2.92. The van der Waals surface area contributed by atoms with Crippen LogP contribution in [0.3, 0.4) is 0 Å². The van der Waals surface area contributed by atoms with Gasteiger partial charge in [-0.25, -0.2) is 4.98 Å². The molecule has 0 saturated carbocycles. The van der Waals surface area contributed by atoms with Crippen molar-refractivity contribution >= 4 is 47.4 Å². The predicted octanol–water partition coefficient (Wildman–Crippen LogP) is 3.53. The van der Waals surface area contributed by atoms with Gasteiger partial charge in [-0.1, -0.05) is 13.3 Å². The van der Waals surface area contributed by atoms with Crippen LogP contribution in [0.5, 0.6) is 0 Å². The number of fused-ring (bicyclic) bond motifs is 3. The van der Waals surface area contributed by atoms with Crippen molar-refractivity contribution in [2.24, 2.45) is 11.7 Å². The van der Waals surface area contributed by atoms with E-state index in [1.807, 2.05) is 26.0 Å². The SMILES string of the molecule is CC(N)C(C)C(=O)Nc1ccc2c(c1)nc1n2CCCCC1.Cl.Cl. The zero-order valence-corrected chi connectivity index (χ0v) is 15.8.